The van der Waals surface area contributed by atoms with Crippen molar-refractivity contribution < 1.29 is 0 Å². The van der Waals surface area contributed by atoms with Crippen molar-refractivity contribution in [1.29, 1.82) is 0 Å². The quantitative estimate of drug-likeness (QED) is 0.627. The van der Waals surface area contributed by atoms with Crippen LogP contribution >= 0.6 is 0 Å². The average molecular weight is 265 g/mol. The number of imidazole rings is 1. The van der Waals surface area contributed by atoms with Crippen LogP contribution in [0.3, 0.4) is 0 Å². The van der Waals surface area contributed by atoms with Crippen LogP contribution in [0, 0.1) is 0 Å². The normalized spacial score (nSPS) is 10.8. The van der Waals surface area contributed by atoms with Gasteiger partial charge in [-0.2, -0.15) is 0 Å². The minimum absolute atomic E-state index is 0.935. The number of hydrogen-bond donors (Lipinski definition) is 0. The van der Waals surface area contributed by atoms with E-state index in [0.29, 0.717) is 0 Å². The summed E-state index contributed by atoms with van der Waals surface area (Å²) in [7, 11) is 0. The summed E-state index contributed by atoms with van der Waals surface area (Å²) in [4.78, 5) is 8.96. The molecule has 1 aromatic carbocycles. The molecule has 0 saturated carbocycles. The average Bonchev–Trinajstić information content (AvgIpc) is 2.69. The number of pyridine rings is 1. The van der Waals surface area contributed by atoms with Crippen LogP contribution < -0.4 is 0 Å². The summed E-state index contributed by atoms with van der Waals surface area (Å²) in [5.41, 5.74) is 3.16. The molecule has 0 aliphatic carbocycles. The molecular formula is C12H9GaN3. The third-order valence-electron chi connectivity index (χ3n) is 2.55. The molecule has 3 aromatic rings. The predicted octanol–water partition coefficient (Wildman–Crippen LogP) is 1.76. The molecule has 0 bridgehead atoms. The maximum absolute atomic E-state index is 4.61. The Labute approximate surface area is 103 Å². The van der Waals surface area contributed by atoms with Gasteiger partial charge < -0.3 is 0 Å². The van der Waals surface area contributed by atoms with Gasteiger partial charge in [0.1, 0.15) is 0 Å². The van der Waals surface area contributed by atoms with Gasteiger partial charge in [-0.3, -0.25) is 0 Å². The summed E-state index contributed by atoms with van der Waals surface area (Å²) < 4.78 is 2.19. The molecule has 0 spiro atoms. The zero-order valence-corrected chi connectivity index (χ0v) is 11.6. The van der Waals surface area contributed by atoms with Crippen molar-refractivity contribution in [2.45, 2.75) is 0 Å². The molecule has 2 heterocycles. The van der Waals surface area contributed by atoms with E-state index in [4.69, 9.17) is 0 Å². The standard InChI is InChI=1S/C12H8N3.Ga.H/c1-2-6-10-9(5-1)14-12(15-10)11-7-3-4-8-13-11;;/h1-8H;;/q-1;+1;. The van der Waals surface area contributed by atoms with Gasteiger partial charge in [-0.15, -0.1) is 0 Å². The summed E-state index contributed by atoms with van der Waals surface area (Å²) in [6.07, 6.45) is 1.80. The molecule has 1 radical (unpaired) electrons. The number of aromatic nitrogens is 3. The van der Waals surface area contributed by atoms with E-state index in [0.717, 1.165) is 35.9 Å². The fourth-order valence-corrected chi connectivity index (χ4v) is 2.82. The minimum atomic E-state index is 0.935. The molecule has 0 aliphatic rings. The summed E-state index contributed by atoms with van der Waals surface area (Å²) in [5, 5.41) is 0. The third kappa shape index (κ3) is 1.47. The van der Waals surface area contributed by atoms with Gasteiger partial charge in [0.25, 0.3) is 0 Å². The summed E-state index contributed by atoms with van der Waals surface area (Å²) in [5.74, 6) is 0.960. The SMILES string of the molecule is [GaH][n]1c(-c2ccccn2)nc2ccccc21. The second-order valence-electron chi connectivity index (χ2n) is 3.57. The molecule has 75 valence electrons. The van der Waals surface area contributed by atoms with Gasteiger partial charge in [-0.25, -0.2) is 0 Å². The monoisotopic (exact) mass is 264 g/mol. The first-order valence-corrected chi connectivity index (χ1v) is 6.39. The number of nitrogens with zero attached hydrogens (tertiary/aromatic N) is 3. The van der Waals surface area contributed by atoms with Crippen LogP contribution in [0.2, 0.25) is 0 Å². The Balaban J connectivity index is 2.29. The number of para-hydroxylation sites is 2. The van der Waals surface area contributed by atoms with Gasteiger partial charge in [-0.05, 0) is 0 Å². The Bertz CT molecular complexity index is 631. The van der Waals surface area contributed by atoms with Crippen LogP contribution in [0.15, 0.2) is 48.7 Å². The van der Waals surface area contributed by atoms with Crippen molar-refractivity contribution in [1.82, 2.24) is 13.2 Å². The van der Waals surface area contributed by atoms with Crippen molar-refractivity contribution in [3.8, 4) is 11.5 Å². The van der Waals surface area contributed by atoms with Crippen molar-refractivity contribution in [2.75, 3.05) is 0 Å². The molecule has 0 atom stereocenters. The zero-order chi connectivity index (χ0) is 11.0. The van der Waals surface area contributed by atoms with Crippen LogP contribution in [-0.4, -0.2) is 32.1 Å². The number of hydrogen-bond acceptors (Lipinski definition) is 2. The van der Waals surface area contributed by atoms with Crippen molar-refractivity contribution in [2.24, 2.45) is 0 Å². The van der Waals surface area contributed by atoms with E-state index in [-0.39, 0.29) is 0 Å². The first-order valence-electron chi connectivity index (χ1n) is 5.06. The maximum atomic E-state index is 4.61. The molecule has 0 unspecified atom stereocenters. The fourth-order valence-electron chi connectivity index (χ4n) is 1.77. The van der Waals surface area contributed by atoms with Gasteiger partial charge in [0.2, 0.25) is 0 Å². The third-order valence-corrected chi connectivity index (χ3v) is 3.89. The number of benzene rings is 1. The Morgan fingerprint density at radius 1 is 1.00 bits per heavy atom. The van der Waals surface area contributed by atoms with Crippen LogP contribution in [0.5, 0.6) is 0 Å². The predicted molar refractivity (Wildman–Crippen MR) is 65.5 cm³/mol. The second-order valence-corrected chi connectivity index (χ2v) is 4.89. The first kappa shape index (κ1) is 9.68. The first-order chi connectivity index (χ1) is 7.86. The summed E-state index contributed by atoms with van der Waals surface area (Å²) in [6.45, 7) is 0. The van der Waals surface area contributed by atoms with E-state index < -0.39 is 0 Å². The molecule has 0 fully saturated rings. The van der Waals surface area contributed by atoms with Gasteiger partial charge in [0.05, 0.1) is 0 Å². The van der Waals surface area contributed by atoms with Crippen LogP contribution in [-0.2, 0) is 0 Å². The van der Waals surface area contributed by atoms with E-state index in [9.17, 15) is 0 Å². The molecule has 4 heteroatoms. The summed E-state index contributed by atoms with van der Waals surface area (Å²) >= 11 is 1.02. The number of fused-ring (bicyclic) bond motifs is 1. The Hall–Kier alpha value is -1.52. The molecule has 0 aliphatic heterocycles. The zero-order valence-electron chi connectivity index (χ0n) is 8.67. The van der Waals surface area contributed by atoms with Crippen LogP contribution in [0.25, 0.3) is 22.6 Å². The van der Waals surface area contributed by atoms with E-state index >= 15 is 0 Å². The van der Waals surface area contributed by atoms with Crippen LogP contribution in [0.4, 0.5) is 0 Å². The van der Waals surface area contributed by atoms with Crippen LogP contribution in [0.1, 0.15) is 0 Å². The van der Waals surface area contributed by atoms with Crippen molar-refractivity contribution >= 4 is 29.9 Å². The number of rotatable bonds is 1. The molecule has 2 aromatic heterocycles. The Morgan fingerprint density at radius 2 is 1.81 bits per heavy atom. The van der Waals surface area contributed by atoms with Gasteiger partial charge in [0.15, 0.2) is 0 Å². The van der Waals surface area contributed by atoms with E-state index in [2.05, 4.69) is 19.3 Å². The molecule has 0 amide bonds. The second kappa shape index (κ2) is 3.81. The molecule has 0 saturated heterocycles. The van der Waals surface area contributed by atoms with E-state index in [1.165, 1.54) is 5.52 Å². The molecule has 16 heavy (non-hydrogen) atoms. The van der Waals surface area contributed by atoms with Crippen molar-refractivity contribution in [3.63, 3.8) is 0 Å². The Kier molecular flexibility index (Phi) is 2.30. The summed E-state index contributed by atoms with van der Waals surface area (Å²) in [6, 6.07) is 14.1. The van der Waals surface area contributed by atoms with E-state index in [1.807, 2.05) is 36.4 Å². The topological polar surface area (TPSA) is 30.7 Å². The van der Waals surface area contributed by atoms with Gasteiger partial charge >= 0.3 is 103 Å². The van der Waals surface area contributed by atoms with Gasteiger partial charge in [0, 0.05) is 0 Å². The van der Waals surface area contributed by atoms with Gasteiger partial charge in [-0.1, -0.05) is 0 Å². The molecule has 3 rings (SSSR count). The molecular weight excluding hydrogens is 256 g/mol. The molecule has 0 N–H and O–H groups in total. The van der Waals surface area contributed by atoms with E-state index in [1.54, 1.807) is 6.20 Å². The van der Waals surface area contributed by atoms with Crippen molar-refractivity contribution in [3.05, 3.63) is 48.7 Å². The fraction of sp³-hybridized carbons (Fsp3) is 0. The molecule has 3 nitrogen and oxygen atoms in total. The Morgan fingerprint density at radius 3 is 2.56 bits per heavy atom.